The molecule has 20 heavy (non-hydrogen) atoms. The highest BCUT2D eigenvalue weighted by molar-refractivity contribution is 7.91. The normalized spacial score (nSPS) is 14.9. The monoisotopic (exact) mass is 292 g/mol. The fourth-order valence-electron chi connectivity index (χ4n) is 2.58. The molecule has 0 spiro atoms. The average molecular weight is 292 g/mol. The SMILES string of the molecule is CCCCC(c1ccccn1)(c1ccc[nH]1)S(C)(=O)=O. The van der Waals surface area contributed by atoms with E-state index in [2.05, 4.69) is 16.9 Å². The molecule has 0 saturated carbocycles. The number of unbranched alkanes of at least 4 members (excludes halogenated alkanes) is 1. The number of aromatic amines is 1. The third kappa shape index (κ3) is 2.50. The van der Waals surface area contributed by atoms with Gasteiger partial charge in [-0.3, -0.25) is 4.98 Å². The van der Waals surface area contributed by atoms with Crippen molar-refractivity contribution in [2.75, 3.05) is 6.26 Å². The highest BCUT2D eigenvalue weighted by atomic mass is 32.2. The lowest BCUT2D eigenvalue weighted by molar-refractivity contribution is 0.513. The maximum Gasteiger partial charge on any atom is 0.164 e. The van der Waals surface area contributed by atoms with E-state index in [4.69, 9.17) is 0 Å². The predicted molar refractivity (Wildman–Crippen MR) is 80.2 cm³/mol. The lowest BCUT2D eigenvalue weighted by Gasteiger charge is -2.30. The summed E-state index contributed by atoms with van der Waals surface area (Å²) in [6.45, 7) is 2.06. The number of H-pyrrole nitrogens is 1. The van der Waals surface area contributed by atoms with Crippen LogP contribution in [0.15, 0.2) is 42.7 Å². The third-order valence-corrected chi connectivity index (χ3v) is 5.53. The summed E-state index contributed by atoms with van der Waals surface area (Å²) in [5.41, 5.74) is 1.27. The molecule has 0 aliphatic heterocycles. The average Bonchev–Trinajstić information content (AvgIpc) is 2.94. The molecule has 0 amide bonds. The molecule has 0 aliphatic carbocycles. The Morgan fingerprint density at radius 3 is 2.55 bits per heavy atom. The number of hydrogen-bond acceptors (Lipinski definition) is 3. The number of nitrogens with one attached hydrogen (secondary N) is 1. The molecular weight excluding hydrogens is 272 g/mol. The van der Waals surface area contributed by atoms with Crippen LogP contribution in [0.4, 0.5) is 0 Å². The fraction of sp³-hybridized carbons (Fsp3) is 0.400. The quantitative estimate of drug-likeness (QED) is 0.890. The van der Waals surface area contributed by atoms with Crippen LogP contribution >= 0.6 is 0 Å². The summed E-state index contributed by atoms with van der Waals surface area (Å²) >= 11 is 0. The molecule has 0 radical (unpaired) electrons. The van der Waals surface area contributed by atoms with Crippen LogP contribution in [0.25, 0.3) is 0 Å². The van der Waals surface area contributed by atoms with Crippen LogP contribution in [0, 0.1) is 0 Å². The predicted octanol–water partition coefficient (Wildman–Crippen LogP) is 2.89. The number of pyridine rings is 1. The van der Waals surface area contributed by atoms with E-state index in [1.165, 1.54) is 6.26 Å². The number of hydrogen-bond donors (Lipinski definition) is 1. The summed E-state index contributed by atoms with van der Waals surface area (Å²) < 4.78 is 24.1. The zero-order valence-electron chi connectivity index (χ0n) is 11.8. The van der Waals surface area contributed by atoms with Crippen molar-refractivity contribution in [1.29, 1.82) is 0 Å². The van der Waals surface area contributed by atoms with E-state index in [-0.39, 0.29) is 0 Å². The number of nitrogens with zero attached hydrogens (tertiary/aromatic N) is 1. The van der Waals surface area contributed by atoms with Crippen LogP contribution in [0.1, 0.15) is 37.6 Å². The maximum absolute atomic E-state index is 12.6. The van der Waals surface area contributed by atoms with Crippen LogP contribution in [-0.2, 0) is 14.6 Å². The van der Waals surface area contributed by atoms with Crippen molar-refractivity contribution >= 4 is 9.84 Å². The first-order chi connectivity index (χ1) is 9.52. The fourth-order valence-corrected chi connectivity index (χ4v) is 4.13. The molecule has 2 rings (SSSR count). The minimum Gasteiger partial charge on any atom is -0.363 e. The van der Waals surface area contributed by atoms with Crippen LogP contribution in [0.2, 0.25) is 0 Å². The summed E-state index contributed by atoms with van der Waals surface area (Å²) in [4.78, 5) is 7.40. The Morgan fingerprint density at radius 1 is 1.25 bits per heavy atom. The van der Waals surface area contributed by atoms with E-state index in [9.17, 15) is 8.42 Å². The first-order valence-electron chi connectivity index (χ1n) is 6.77. The Bertz CT molecular complexity index is 636. The summed E-state index contributed by atoms with van der Waals surface area (Å²) in [5, 5.41) is 0. The second-order valence-corrected chi connectivity index (χ2v) is 7.24. The van der Waals surface area contributed by atoms with Gasteiger partial charge in [0.1, 0.15) is 0 Å². The Morgan fingerprint density at radius 2 is 2.05 bits per heavy atom. The molecule has 2 heterocycles. The van der Waals surface area contributed by atoms with E-state index >= 15 is 0 Å². The number of aromatic nitrogens is 2. The highest BCUT2D eigenvalue weighted by Crippen LogP contribution is 2.39. The number of rotatable bonds is 6. The van der Waals surface area contributed by atoms with Gasteiger partial charge in [0.15, 0.2) is 14.6 Å². The summed E-state index contributed by atoms with van der Waals surface area (Å²) in [6.07, 6.45) is 6.97. The molecule has 0 fully saturated rings. The summed E-state index contributed by atoms with van der Waals surface area (Å²) in [6, 6.07) is 9.06. The van der Waals surface area contributed by atoms with Gasteiger partial charge in [-0.2, -0.15) is 0 Å². The molecular formula is C15H20N2O2S. The molecule has 1 unspecified atom stereocenters. The van der Waals surface area contributed by atoms with Crippen molar-refractivity contribution in [1.82, 2.24) is 9.97 Å². The topological polar surface area (TPSA) is 62.8 Å². The first-order valence-corrected chi connectivity index (χ1v) is 8.66. The number of sulfone groups is 1. The van der Waals surface area contributed by atoms with Gasteiger partial charge in [0.05, 0.1) is 5.69 Å². The van der Waals surface area contributed by atoms with E-state index in [1.807, 2.05) is 18.2 Å². The zero-order chi connectivity index (χ0) is 14.6. The molecule has 1 N–H and O–H groups in total. The van der Waals surface area contributed by atoms with Crippen molar-refractivity contribution < 1.29 is 8.42 Å². The van der Waals surface area contributed by atoms with Gasteiger partial charge in [0.25, 0.3) is 0 Å². The van der Waals surface area contributed by atoms with Gasteiger partial charge >= 0.3 is 0 Å². The lowest BCUT2D eigenvalue weighted by Crippen LogP contribution is -2.37. The minimum atomic E-state index is -3.37. The van der Waals surface area contributed by atoms with Crippen molar-refractivity contribution in [2.45, 2.75) is 30.9 Å². The van der Waals surface area contributed by atoms with Crippen molar-refractivity contribution in [3.63, 3.8) is 0 Å². The molecule has 108 valence electrons. The third-order valence-electron chi connectivity index (χ3n) is 3.63. The van der Waals surface area contributed by atoms with Gasteiger partial charge in [-0.25, -0.2) is 8.42 Å². The molecule has 0 bridgehead atoms. The van der Waals surface area contributed by atoms with Crippen LogP contribution in [0.3, 0.4) is 0 Å². The van der Waals surface area contributed by atoms with Gasteiger partial charge in [-0.05, 0) is 30.7 Å². The van der Waals surface area contributed by atoms with E-state index in [0.717, 1.165) is 12.8 Å². The van der Waals surface area contributed by atoms with Crippen molar-refractivity contribution in [2.24, 2.45) is 0 Å². The van der Waals surface area contributed by atoms with Crippen molar-refractivity contribution in [3.8, 4) is 0 Å². The van der Waals surface area contributed by atoms with Gasteiger partial charge in [0.2, 0.25) is 0 Å². The maximum atomic E-state index is 12.6. The molecule has 0 aliphatic rings. The largest absolute Gasteiger partial charge is 0.363 e. The van der Waals surface area contributed by atoms with Gasteiger partial charge < -0.3 is 4.98 Å². The van der Waals surface area contributed by atoms with Gasteiger partial charge in [-0.1, -0.05) is 25.8 Å². The molecule has 0 saturated heterocycles. The molecule has 4 nitrogen and oxygen atoms in total. The van der Waals surface area contributed by atoms with Crippen LogP contribution < -0.4 is 0 Å². The Labute approximate surface area is 120 Å². The van der Waals surface area contributed by atoms with Gasteiger partial charge in [0, 0.05) is 24.3 Å². The van der Waals surface area contributed by atoms with E-state index < -0.39 is 14.6 Å². The van der Waals surface area contributed by atoms with E-state index in [0.29, 0.717) is 17.8 Å². The second kappa shape index (κ2) is 5.79. The Hall–Kier alpha value is -1.62. The first kappa shape index (κ1) is 14.8. The molecule has 5 heteroatoms. The van der Waals surface area contributed by atoms with Crippen LogP contribution in [0.5, 0.6) is 0 Å². The summed E-state index contributed by atoms with van der Waals surface area (Å²) in [7, 11) is -3.37. The van der Waals surface area contributed by atoms with E-state index in [1.54, 1.807) is 24.5 Å². The smallest absolute Gasteiger partial charge is 0.164 e. The Balaban J connectivity index is 2.69. The molecule has 1 atom stereocenters. The van der Waals surface area contributed by atoms with Crippen LogP contribution in [-0.4, -0.2) is 24.6 Å². The second-order valence-electron chi connectivity index (χ2n) is 5.00. The minimum absolute atomic E-state index is 0.528. The molecule has 2 aromatic rings. The zero-order valence-corrected chi connectivity index (χ0v) is 12.7. The summed E-state index contributed by atoms with van der Waals surface area (Å²) in [5.74, 6) is 0. The Kier molecular flexibility index (Phi) is 4.28. The standard InChI is InChI=1S/C15H20N2O2S/c1-3-4-10-15(20(2,18)19,14-9-7-12-17-14)13-8-5-6-11-16-13/h5-9,11-12,17H,3-4,10H2,1-2H3. The van der Waals surface area contributed by atoms with Gasteiger partial charge in [-0.15, -0.1) is 0 Å². The highest BCUT2D eigenvalue weighted by Gasteiger charge is 2.45. The van der Waals surface area contributed by atoms with Crippen molar-refractivity contribution in [3.05, 3.63) is 54.1 Å². The molecule has 2 aromatic heterocycles. The molecule has 0 aromatic carbocycles. The lowest BCUT2D eigenvalue weighted by atomic mass is 9.93.